The van der Waals surface area contributed by atoms with Gasteiger partial charge in [-0.3, -0.25) is 28.8 Å². The molecule has 13 nitrogen and oxygen atoms in total. The zero-order chi connectivity index (χ0) is 51.1. The summed E-state index contributed by atoms with van der Waals surface area (Å²) in [6.45, 7) is 8.93. The number of rotatable bonds is 50. The van der Waals surface area contributed by atoms with Gasteiger partial charge in [-0.05, 0) is 84.3 Å². The maximum absolute atomic E-state index is 13.5. The molecule has 0 aromatic carbocycles. The molecule has 0 atom stereocenters. The fraction of sp³-hybridized carbons (Fsp3) is 0.893. The van der Waals surface area contributed by atoms with Crippen LogP contribution in [0.5, 0.6) is 0 Å². The number of hydrogen-bond acceptors (Lipinski definition) is 13. The summed E-state index contributed by atoms with van der Waals surface area (Å²) in [4.78, 5) is 79.6. The lowest BCUT2D eigenvalue weighted by Crippen LogP contribution is -2.44. The highest BCUT2D eigenvalue weighted by atomic mass is 16.6. The van der Waals surface area contributed by atoms with E-state index in [4.69, 9.17) is 28.4 Å². The molecule has 0 rings (SSSR count). The molecule has 0 fully saturated rings. The Hall–Kier alpha value is -3.22. The molecule has 0 aromatic rings. The predicted molar refractivity (Wildman–Crippen MR) is 275 cm³/mol. The summed E-state index contributed by atoms with van der Waals surface area (Å²) in [6.07, 6.45) is 29.9. The molecule has 404 valence electrons. The largest absolute Gasteiger partial charge is 0.466 e. The first-order valence-corrected chi connectivity index (χ1v) is 28.0. The first kappa shape index (κ1) is 65.8. The van der Waals surface area contributed by atoms with Gasteiger partial charge >= 0.3 is 35.8 Å². The summed E-state index contributed by atoms with van der Waals surface area (Å²) in [7, 11) is 3.83. The third kappa shape index (κ3) is 43.3. The Kier molecular flexibility index (Phi) is 44.9. The van der Waals surface area contributed by atoms with Crippen LogP contribution < -0.4 is 0 Å². The van der Waals surface area contributed by atoms with Crippen molar-refractivity contribution in [3.63, 3.8) is 0 Å². The Bertz CT molecular complexity index is 1220. The first-order valence-electron chi connectivity index (χ1n) is 28.0. The average Bonchev–Trinajstić information content (AvgIpc) is 3.32. The van der Waals surface area contributed by atoms with Crippen molar-refractivity contribution in [2.45, 2.75) is 252 Å². The minimum atomic E-state index is -1.38. The molecule has 0 aliphatic carbocycles. The first-order chi connectivity index (χ1) is 33.4. The zero-order valence-electron chi connectivity index (χ0n) is 45.1. The maximum atomic E-state index is 13.5. The van der Waals surface area contributed by atoms with Crippen LogP contribution in [0.4, 0.5) is 0 Å². The molecule has 0 aromatic heterocycles. The van der Waals surface area contributed by atoms with Crippen molar-refractivity contribution in [3.05, 3.63) is 0 Å². The number of carbonyl (C=O) groups is 6. The molecule has 0 bridgehead atoms. The SMILES string of the molecule is CCCCCCCCCCOC(=O)CCCCC(=O)OCC(COC(=O)CCCCC(=O)OCCCCCCCCCC)(COC(=O)CCCN(C)C)COC(=O)CC(CCCCC)CCCCC. The van der Waals surface area contributed by atoms with Crippen LogP contribution in [-0.4, -0.2) is 101 Å². The van der Waals surface area contributed by atoms with Gasteiger partial charge in [0.15, 0.2) is 0 Å². The Labute approximate surface area is 420 Å². The van der Waals surface area contributed by atoms with Crippen LogP contribution in [-0.2, 0) is 57.2 Å². The third-order valence-corrected chi connectivity index (χ3v) is 12.6. The van der Waals surface area contributed by atoms with E-state index in [1.54, 1.807) is 0 Å². The molecule has 0 heterocycles. The van der Waals surface area contributed by atoms with E-state index < -0.39 is 29.3 Å². The van der Waals surface area contributed by atoms with Gasteiger partial charge in [0.25, 0.3) is 0 Å². The van der Waals surface area contributed by atoms with Crippen LogP contribution in [0.3, 0.4) is 0 Å². The molecule has 0 amide bonds. The number of unbranched alkanes of at least 4 members (excludes halogenated alkanes) is 20. The lowest BCUT2D eigenvalue weighted by molar-refractivity contribution is -0.171. The highest BCUT2D eigenvalue weighted by Crippen LogP contribution is 2.26. The van der Waals surface area contributed by atoms with Crippen molar-refractivity contribution in [3.8, 4) is 0 Å². The van der Waals surface area contributed by atoms with Gasteiger partial charge in [0.05, 0.1) is 13.2 Å². The topological polar surface area (TPSA) is 161 Å². The lowest BCUT2D eigenvalue weighted by Gasteiger charge is -2.32. The van der Waals surface area contributed by atoms with Gasteiger partial charge in [0.2, 0.25) is 0 Å². The number of carbonyl (C=O) groups excluding carboxylic acids is 6. The maximum Gasteiger partial charge on any atom is 0.306 e. The van der Waals surface area contributed by atoms with Crippen molar-refractivity contribution in [2.24, 2.45) is 11.3 Å². The molecule has 0 unspecified atom stereocenters. The fourth-order valence-electron chi connectivity index (χ4n) is 8.02. The minimum absolute atomic E-state index is 0.0318. The fourth-order valence-corrected chi connectivity index (χ4v) is 8.02. The molecule has 0 aliphatic heterocycles. The number of nitrogens with zero attached hydrogens (tertiary/aromatic N) is 1. The van der Waals surface area contributed by atoms with Crippen molar-refractivity contribution in [1.29, 1.82) is 0 Å². The summed E-state index contributed by atoms with van der Waals surface area (Å²) < 4.78 is 34.1. The number of hydrogen-bond donors (Lipinski definition) is 0. The molecular formula is C56H103NO12. The number of esters is 6. The second-order valence-electron chi connectivity index (χ2n) is 19.9. The van der Waals surface area contributed by atoms with E-state index in [0.29, 0.717) is 51.9 Å². The number of ether oxygens (including phenoxy) is 6. The average molecular weight is 982 g/mol. The minimum Gasteiger partial charge on any atom is -0.466 e. The molecule has 0 saturated carbocycles. The Morgan fingerprint density at radius 2 is 0.638 bits per heavy atom. The molecular weight excluding hydrogens is 879 g/mol. The van der Waals surface area contributed by atoms with Crippen molar-refractivity contribution in [2.75, 3.05) is 60.3 Å². The van der Waals surface area contributed by atoms with Crippen molar-refractivity contribution >= 4 is 35.8 Å². The second-order valence-corrected chi connectivity index (χ2v) is 19.9. The standard InChI is InChI=1S/C56H103NO12/c1-7-11-15-17-19-21-23-31-42-64-50(58)36-27-29-38-52(60)66-45-56(47-68-54(62)40-33-41-57(5)6,48-69-55(63)44-49(34-25-13-9-3)35-26-14-10-4)46-67-53(61)39-30-28-37-51(59)65-43-32-24-22-20-18-16-12-8-2/h49H,7-48H2,1-6H3. The van der Waals surface area contributed by atoms with Crippen molar-refractivity contribution in [1.82, 2.24) is 4.90 Å². The van der Waals surface area contributed by atoms with E-state index in [2.05, 4.69) is 27.7 Å². The van der Waals surface area contributed by atoms with Crippen LogP contribution in [0.15, 0.2) is 0 Å². The van der Waals surface area contributed by atoms with Gasteiger partial charge in [-0.2, -0.15) is 0 Å². The van der Waals surface area contributed by atoms with Gasteiger partial charge < -0.3 is 33.3 Å². The molecule has 69 heavy (non-hydrogen) atoms. The van der Waals surface area contributed by atoms with Gasteiger partial charge in [-0.15, -0.1) is 0 Å². The van der Waals surface area contributed by atoms with E-state index >= 15 is 0 Å². The van der Waals surface area contributed by atoms with E-state index in [-0.39, 0.29) is 82.8 Å². The van der Waals surface area contributed by atoms with Crippen LogP contribution in [0.2, 0.25) is 0 Å². The predicted octanol–water partition coefficient (Wildman–Crippen LogP) is 13.1. The molecule has 13 heteroatoms. The summed E-state index contributed by atoms with van der Waals surface area (Å²) in [5.41, 5.74) is -1.38. The Balaban J connectivity index is 5.64. The van der Waals surface area contributed by atoms with Crippen LogP contribution in [0.1, 0.15) is 252 Å². The lowest BCUT2D eigenvalue weighted by atomic mass is 9.91. The molecule has 0 aliphatic rings. The Morgan fingerprint density at radius 3 is 0.986 bits per heavy atom. The van der Waals surface area contributed by atoms with E-state index in [0.717, 1.165) is 89.9 Å². The summed E-state index contributed by atoms with van der Waals surface area (Å²) in [6, 6.07) is 0. The normalized spacial score (nSPS) is 11.5. The Morgan fingerprint density at radius 1 is 0.348 bits per heavy atom. The van der Waals surface area contributed by atoms with E-state index in [1.807, 2.05) is 19.0 Å². The second kappa shape index (κ2) is 47.1. The third-order valence-electron chi connectivity index (χ3n) is 12.6. The van der Waals surface area contributed by atoms with Crippen LogP contribution in [0, 0.1) is 11.3 Å². The molecule has 0 radical (unpaired) electrons. The summed E-state index contributed by atoms with van der Waals surface area (Å²) in [5, 5.41) is 0. The summed E-state index contributed by atoms with van der Waals surface area (Å²) in [5.74, 6) is -2.36. The quantitative estimate of drug-likeness (QED) is 0.0322. The van der Waals surface area contributed by atoms with Gasteiger partial charge in [0.1, 0.15) is 31.8 Å². The van der Waals surface area contributed by atoms with Gasteiger partial charge in [-0.1, -0.05) is 156 Å². The van der Waals surface area contributed by atoms with Crippen LogP contribution >= 0.6 is 0 Å². The highest BCUT2D eigenvalue weighted by Gasteiger charge is 2.38. The van der Waals surface area contributed by atoms with Gasteiger partial charge in [0, 0.05) is 38.5 Å². The molecule has 0 spiro atoms. The highest BCUT2D eigenvalue weighted by molar-refractivity contribution is 5.72. The summed E-state index contributed by atoms with van der Waals surface area (Å²) >= 11 is 0. The molecule has 0 N–H and O–H groups in total. The smallest absolute Gasteiger partial charge is 0.306 e. The van der Waals surface area contributed by atoms with Gasteiger partial charge in [-0.25, -0.2) is 0 Å². The van der Waals surface area contributed by atoms with E-state index in [9.17, 15) is 28.8 Å². The van der Waals surface area contributed by atoms with Crippen LogP contribution in [0.25, 0.3) is 0 Å². The molecule has 0 saturated heterocycles. The zero-order valence-corrected chi connectivity index (χ0v) is 45.1. The van der Waals surface area contributed by atoms with Crippen molar-refractivity contribution < 1.29 is 57.2 Å². The van der Waals surface area contributed by atoms with E-state index in [1.165, 1.54) is 64.2 Å². The monoisotopic (exact) mass is 982 g/mol.